The van der Waals surface area contributed by atoms with Gasteiger partial charge in [-0.2, -0.15) is 9.57 Å². The van der Waals surface area contributed by atoms with Gasteiger partial charge in [0.1, 0.15) is 12.1 Å². The SMILES string of the molecule is N#Cc1ccc(S(=O)(=O)N2CCC[C@H]2C(=O)O)o1. The summed E-state index contributed by atoms with van der Waals surface area (Å²) in [4.78, 5) is 11.0. The maximum absolute atomic E-state index is 12.1. The van der Waals surface area contributed by atoms with Crippen LogP contribution < -0.4 is 0 Å². The highest BCUT2D eigenvalue weighted by Crippen LogP contribution is 2.27. The molecule has 0 aliphatic carbocycles. The highest BCUT2D eigenvalue weighted by Gasteiger charge is 2.40. The lowest BCUT2D eigenvalue weighted by Crippen LogP contribution is -2.40. The van der Waals surface area contributed by atoms with Crippen LogP contribution in [-0.4, -0.2) is 36.4 Å². The van der Waals surface area contributed by atoms with E-state index in [0.717, 1.165) is 10.4 Å². The van der Waals surface area contributed by atoms with Gasteiger partial charge in [0.25, 0.3) is 10.0 Å². The van der Waals surface area contributed by atoms with E-state index in [0.29, 0.717) is 6.42 Å². The van der Waals surface area contributed by atoms with Crippen LogP contribution in [0.5, 0.6) is 0 Å². The number of aliphatic carboxylic acids is 1. The standard InChI is InChI=1S/C10H10N2O5S/c11-6-7-3-4-9(17-7)18(15,16)12-5-1-2-8(12)10(13)14/h3-4,8H,1-2,5H2,(H,13,14)/t8-/m0/s1. The number of nitriles is 1. The van der Waals surface area contributed by atoms with Crippen LogP contribution in [-0.2, 0) is 14.8 Å². The van der Waals surface area contributed by atoms with Gasteiger partial charge >= 0.3 is 5.97 Å². The van der Waals surface area contributed by atoms with Gasteiger partial charge in [-0.1, -0.05) is 0 Å². The van der Waals surface area contributed by atoms with Crippen molar-refractivity contribution in [2.45, 2.75) is 24.0 Å². The second-order valence-electron chi connectivity index (χ2n) is 3.84. The molecule has 18 heavy (non-hydrogen) atoms. The summed E-state index contributed by atoms with van der Waals surface area (Å²) >= 11 is 0. The fourth-order valence-corrected chi connectivity index (χ4v) is 3.48. The molecule has 8 heteroatoms. The third-order valence-corrected chi connectivity index (χ3v) is 4.53. The van der Waals surface area contributed by atoms with Gasteiger partial charge in [-0.05, 0) is 25.0 Å². The number of carbonyl (C=O) groups is 1. The van der Waals surface area contributed by atoms with E-state index < -0.39 is 27.1 Å². The van der Waals surface area contributed by atoms with Crippen molar-refractivity contribution < 1.29 is 22.7 Å². The van der Waals surface area contributed by atoms with Crippen LogP contribution in [0.25, 0.3) is 0 Å². The fraction of sp³-hybridized carbons (Fsp3) is 0.400. The average molecular weight is 270 g/mol. The van der Waals surface area contributed by atoms with Crippen LogP contribution >= 0.6 is 0 Å². The minimum atomic E-state index is -3.99. The van der Waals surface area contributed by atoms with Crippen LogP contribution in [0.1, 0.15) is 18.6 Å². The molecule has 2 heterocycles. The van der Waals surface area contributed by atoms with E-state index in [1.165, 1.54) is 6.07 Å². The number of carboxylic acid groups (broad SMARTS) is 1. The molecule has 0 unspecified atom stereocenters. The Bertz CT molecular complexity index is 612. The normalized spacial score (nSPS) is 20.7. The van der Waals surface area contributed by atoms with E-state index in [1.54, 1.807) is 6.07 Å². The van der Waals surface area contributed by atoms with Crippen LogP contribution in [0, 0.1) is 11.3 Å². The Balaban J connectivity index is 2.37. The summed E-state index contributed by atoms with van der Waals surface area (Å²) in [6.07, 6.45) is 0.766. The number of sulfonamides is 1. The third-order valence-electron chi connectivity index (χ3n) is 2.74. The van der Waals surface area contributed by atoms with E-state index in [4.69, 9.17) is 14.8 Å². The Labute approximate surface area is 103 Å². The second-order valence-corrected chi connectivity index (χ2v) is 5.66. The highest BCUT2D eigenvalue weighted by molar-refractivity contribution is 7.89. The van der Waals surface area contributed by atoms with Gasteiger partial charge in [0.05, 0.1) is 0 Å². The molecule has 0 amide bonds. The predicted octanol–water partition coefficient (Wildman–Crippen LogP) is 0.389. The zero-order chi connectivity index (χ0) is 13.3. The van der Waals surface area contributed by atoms with Crippen molar-refractivity contribution in [3.63, 3.8) is 0 Å². The topological polar surface area (TPSA) is 112 Å². The lowest BCUT2D eigenvalue weighted by molar-refractivity contribution is -0.140. The lowest BCUT2D eigenvalue weighted by Gasteiger charge is -2.19. The molecule has 1 fully saturated rings. The van der Waals surface area contributed by atoms with Gasteiger partial charge in [0.2, 0.25) is 10.9 Å². The second kappa shape index (κ2) is 4.44. The Morgan fingerprint density at radius 1 is 1.56 bits per heavy atom. The Morgan fingerprint density at radius 2 is 2.28 bits per heavy atom. The van der Waals surface area contributed by atoms with Crippen molar-refractivity contribution in [3.8, 4) is 6.07 Å². The van der Waals surface area contributed by atoms with Crippen molar-refractivity contribution in [2.75, 3.05) is 6.54 Å². The van der Waals surface area contributed by atoms with E-state index in [1.807, 2.05) is 0 Å². The number of hydrogen-bond donors (Lipinski definition) is 1. The molecule has 1 atom stereocenters. The zero-order valence-corrected chi connectivity index (χ0v) is 10.1. The molecule has 1 aliphatic rings. The Kier molecular flexibility index (Phi) is 3.11. The molecule has 0 aromatic carbocycles. The molecule has 0 radical (unpaired) electrons. The number of rotatable bonds is 3. The molecule has 1 aromatic rings. The van der Waals surface area contributed by atoms with Crippen molar-refractivity contribution in [1.82, 2.24) is 4.31 Å². The fourth-order valence-electron chi connectivity index (χ4n) is 1.91. The average Bonchev–Trinajstić information content (AvgIpc) is 2.98. The van der Waals surface area contributed by atoms with Crippen LogP contribution in [0.3, 0.4) is 0 Å². The first-order valence-electron chi connectivity index (χ1n) is 5.21. The minimum absolute atomic E-state index is 0.125. The number of carboxylic acids is 1. The van der Waals surface area contributed by atoms with Gasteiger partial charge < -0.3 is 9.52 Å². The summed E-state index contributed by atoms with van der Waals surface area (Å²) in [5.74, 6) is -1.30. The van der Waals surface area contributed by atoms with Gasteiger partial charge in [0.15, 0.2) is 0 Å². The van der Waals surface area contributed by atoms with Gasteiger partial charge in [-0.25, -0.2) is 8.42 Å². The first-order valence-corrected chi connectivity index (χ1v) is 6.65. The van der Waals surface area contributed by atoms with Crippen molar-refractivity contribution in [1.29, 1.82) is 5.26 Å². The molecule has 1 N–H and O–H groups in total. The highest BCUT2D eigenvalue weighted by atomic mass is 32.2. The monoisotopic (exact) mass is 270 g/mol. The van der Waals surface area contributed by atoms with Gasteiger partial charge in [-0.15, -0.1) is 0 Å². The molecule has 0 saturated carbocycles. The lowest BCUT2D eigenvalue weighted by atomic mass is 10.2. The Hall–Kier alpha value is -1.85. The molecule has 7 nitrogen and oxygen atoms in total. The zero-order valence-electron chi connectivity index (χ0n) is 9.24. The van der Waals surface area contributed by atoms with E-state index >= 15 is 0 Å². The summed E-state index contributed by atoms with van der Waals surface area (Å²) in [6, 6.07) is 3.01. The van der Waals surface area contributed by atoms with Crippen molar-refractivity contribution >= 4 is 16.0 Å². The van der Waals surface area contributed by atoms with Gasteiger partial charge in [-0.3, -0.25) is 4.79 Å². The molecule has 0 bridgehead atoms. The van der Waals surface area contributed by atoms with E-state index in [-0.39, 0.29) is 18.7 Å². The predicted molar refractivity (Wildman–Crippen MR) is 58.0 cm³/mol. The molecular formula is C10H10N2O5S. The summed E-state index contributed by atoms with van der Waals surface area (Å²) in [6.45, 7) is 0.141. The molecule has 0 spiro atoms. The molecule has 1 aliphatic heterocycles. The first-order chi connectivity index (χ1) is 8.46. The number of furan rings is 1. The molecule has 1 aromatic heterocycles. The number of hydrogen-bond acceptors (Lipinski definition) is 5. The van der Waals surface area contributed by atoms with Crippen LogP contribution in [0.4, 0.5) is 0 Å². The van der Waals surface area contributed by atoms with Crippen molar-refractivity contribution in [3.05, 3.63) is 17.9 Å². The molecule has 1 saturated heterocycles. The summed E-state index contributed by atoms with van der Waals surface area (Å²) in [7, 11) is -3.99. The number of nitrogens with zero attached hydrogens (tertiary/aromatic N) is 2. The molecule has 96 valence electrons. The largest absolute Gasteiger partial charge is 0.480 e. The molecular weight excluding hydrogens is 260 g/mol. The third kappa shape index (κ3) is 1.98. The van der Waals surface area contributed by atoms with E-state index in [9.17, 15) is 13.2 Å². The quantitative estimate of drug-likeness (QED) is 0.850. The first kappa shape index (κ1) is 12.6. The van der Waals surface area contributed by atoms with Crippen LogP contribution in [0.15, 0.2) is 21.6 Å². The van der Waals surface area contributed by atoms with E-state index in [2.05, 4.69) is 0 Å². The maximum Gasteiger partial charge on any atom is 0.322 e. The van der Waals surface area contributed by atoms with Crippen molar-refractivity contribution in [2.24, 2.45) is 0 Å². The maximum atomic E-state index is 12.1. The summed E-state index contributed by atoms with van der Waals surface area (Å²) < 4.78 is 30.0. The Morgan fingerprint density at radius 3 is 2.83 bits per heavy atom. The molecule has 2 rings (SSSR count). The van der Waals surface area contributed by atoms with Gasteiger partial charge in [0, 0.05) is 6.54 Å². The minimum Gasteiger partial charge on any atom is -0.480 e. The van der Waals surface area contributed by atoms with Crippen LogP contribution in [0.2, 0.25) is 0 Å². The summed E-state index contributed by atoms with van der Waals surface area (Å²) in [5, 5.41) is 17.1. The smallest absolute Gasteiger partial charge is 0.322 e. The summed E-state index contributed by atoms with van der Waals surface area (Å²) in [5.41, 5.74) is 0.